The van der Waals surface area contributed by atoms with Gasteiger partial charge in [0.2, 0.25) is 0 Å². The van der Waals surface area contributed by atoms with Gasteiger partial charge in [-0.05, 0) is 0 Å². The maximum atomic E-state index is 4.59. The molecule has 1 N–H and O–H groups in total. The van der Waals surface area contributed by atoms with Crippen molar-refractivity contribution in [1.82, 2.24) is 9.97 Å². The zero-order valence-corrected chi connectivity index (χ0v) is 9.61. The molecule has 0 spiro atoms. The van der Waals surface area contributed by atoms with Gasteiger partial charge in [0, 0.05) is 30.0 Å². The third-order valence-electron chi connectivity index (χ3n) is 2.35. The van der Waals surface area contributed by atoms with Crippen LogP contribution >= 0.6 is 11.8 Å². The Morgan fingerprint density at radius 1 is 1.29 bits per heavy atom. The Labute approximate surface area is 88.7 Å². The van der Waals surface area contributed by atoms with Crippen molar-refractivity contribution in [2.45, 2.75) is 31.3 Å². The summed E-state index contributed by atoms with van der Waals surface area (Å²) in [6, 6.07) is 0. The number of rotatable bonds is 2. The highest BCUT2D eigenvalue weighted by atomic mass is 32.2. The molecular weight excluding hydrogens is 194 g/mol. The van der Waals surface area contributed by atoms with E-state index >= 15 is 0 Å². The van der Waals surface area contributed by atoms with Crippen LogP contribution in [0, 0.1) is 0 Å². The highest BCUT2D eigenvalue weighted by Gasteiger charge is 2.19. The van der Waals surface area contributed by atoms with Crippen molar-refractivity contribution in [3.63, 3.8) is 0 Å². The molecule has 0 unspecified atom stereocenters. The lowest BCUT2D eigenvalue weighted by Gasteiger charge is -2.10. The van der Waals surface area contributed by atoms with Crippen LogP contribution in [0.1, 0.15) is 36.8 Å². The molecule has 76 valence electrons. The van der Waals surface area contributed by atoms with Crippen LogP contribution in [0.2, 0.25) is 0 Å². The molecule has 2 rings (SSSR count). The zero-order valence-electron chi connectivity index (χ0n) is 8.79. The Hall–Kier alpha value is -0.770. The van der Waals surface area contributed by atoms with Gasteiger partial charge in [-0.25, -0.2) is 9.97 Å². The van der Waals surface area contributed by atoms with Crippen molar-refractivity contribution in [1.29, 1.82) is 0 Å². The van der Waals surface area contributed by atoms with Crippen LogP contribution in [0.4, 0.5) is 5.82 Å². The molecule has 0 aliphatic carbocycles. The molecule has 14 heavy (non-hydrogen) atoms. The second-order valence-electron chi connectivity index (χ2n) is 3.75. The van der Waals surface area contributed by atoms with E-state index in [1.54, 1.807) is 0 Å². The second-order valence-corrected chi connectivity index (χ2v) is 4.74. The first-order valence-corrected chi connectivity index (χ1v) is 6.03. The van der Waals surface area contributed by atoms with Crippen LogP contribution < -0.4 is 5.32 Å². The molecule has 0 bridgehead atoms. The maximum Gasteiger partial charge on any atom is 0.133 e. The number of hydrogen-bond acceptors (Lipinski definition) is 4. The predicted molar refractivity (Wildman–Crippen MR) is 60.7 cm³/mol. The summed E-state index contributed by atoms with van der Waals surface area (Å²) >= 11 is 1.91. The van der Waals surface area contributed by atoms with E-state index in [2.05, 4.69) is 29.1 Å². The lowest BCUT2D eigenvalue weighted by Crippen LogP contribution is -2.06. The van der Waals surface area contributed by atoms with Crippen molar-refractivity contribution in [3.05, 3.63) is 17.1 Å². The van der Waals surface area contributed by atoms with Crippen LogP contribution in [0.3, 0.4) is 0 Å². The summed E-state index contributed by atoms with van der Waals surface area (Å²) in [6.45, 7) is 4.26. The highest BCUT2D eigenvalue weighted by Crippen LogP contribution is 2.33. The van der Waals surface area contributed by atoms with Crippen LogP contribution in [0.15, 0.2) is 0 Å². The van der Waals surface area contributed by atoms with E-state index in [1.165, 1.54) is 11.3 Å². The maximum absolute atomic E-state index is 4.59. The zero-order chi connectivity index (χ0) is 10.1. The smallest absolute Gasteiger partial charge is 0.133 e. The molecule has 0 atom stereocenters. The first-order chi connectivity index (χ1) is 6.72. The minimum absolute atomic E-state index is 0.401. The van der Waals surface area contributed by atoms with Gasteiger partial charge in [0.25, 0.3) is 0 Å². The molecule has 0 aromatic carbocycles. The third-order valence-corrected chi connectivity index (χ3v) is 3.32. The van der Waals surface area contributed by atoms with Crippen molar-refractivity contribution < 1.29 is 0 Å². The van der Waals surface area contributed by atoms with E-state index in [9.17, 15) is 0 Å². The molecule has 1 aromatic rings. The van der Waals surface area contributed by atoms with E-state index in [0.29, 0.717) is 5.92 Å². The Bertz CT molecular complexity index is 349. The van der Waals surface area contributed by atoms with Gasteiger partial charge in [0.1, 0.15) is 11.6 Å². The fraction of sp³-hybridized carbons (Fsp3) is 0.600. The molecule has 0 saturated heterocycles. The molecular formula is C10H15N3S. The predicted octanol–water partition coefficient (Wildman–Crippen LogP) is 2.39. The van der Waals surface area contributed by atoms with E-state index in [0.717, 1.165) is 23.1 Å². The normalized spacial score (nSPS) is 14.6. The van der Waals surface area contributed by atoms with Gasteiger partial charge >= 0.3 is 0 Å². The van der Waals surface area contributed by atoms with Crippen molar-refractivity contribution in [2.24, 2.45) is 0 Å². The van der Waals surface area contributed by atoms with Crippen LogP contribution in [0.25, 0.3) is 0 Å². The molecule has 4 heteroatoms. The molecule has 0 amide bonds. The lowest BCUT2D eigenvalue weighted by molar-refractivity contribution is 0.764. The Balaban J connectivity index is 2.49. The molecule has 0 fully saturated rings. The Morgan fingerprint density at radius 3 is 2.71 bits per heavy atom. The van der Waals surface area contributed by atoms with E-state index in [-0.39, 0.29) is 0 Å². The van der Waals surface area contributed by atoms with Gasteiger partial charge in [0.05, 0.1) is 5.69 Å². The second kappa shape index (κ2) is 3.77. The summed E-state index contributed by atoms with van der Waals surface area (Å²) in [5.41, 5.74) is 2.51. The minimum Gasteiger partial charge on any atom is -0.373 e. The molecule has 1 aromatic heterocycles. The monoisotopic (exact) mass is 209 g/mol. The molecule has 2 heterocycles. The first kappa shape index (κ1) is 9.77. The van der Waals surface area contributed by atoms with Crippen LogP contribution in [0.5, 0.6) is 0 Å². The third kappa shape index (κ3) is 1.59. The summed E-state index contributed by atoms with van der Waals surface area (Å²) in [7, 11) is 1.93. The quantitative estimate of drug-likeness (QED) is 0.811. The van der Waals surface area contributed by atoms with Gasteiger partial charge in [-0.15, -0.1) is 0 Å². The molecule has 3 nitrogen and oxygen atoms in total. The standard InChI is InChI=1S/C10H15N3S/c1-6(2)9-12-8-5-14-4-7(8)10(11-3)13-9/h6H,4-5H2,1-3H3,(H,11,12,13). The number of aromatic nitrogens is 2. The SMILES string of the molecule is CNc1nc(C(C)C)nc2c1CSC2. The van der Waals surface area contributed by atoms with Crippen LogP contribution in [-0.2, 0) is 11.5 Å². The largest absolute Gasteiger partial charge is 0.373 e. The summed E-state index contributed by atoms with van der Waals surface area (Å²) in [4.78, 5) is 9.12. The van der Waals surface area contributed by atoms with E-state index < -0.39 is 0 Å². The Morgan fingerprint density at radius 2 is 2.07 bits per heavy atom. The van der Waals surface area contributed by atoms with Crippen molar-refractivity contribution in [3.8, 4) is 0 Å². The molecule has 1 aliphatic heterocycles. The average molecular weight is 209 g/mol. The summed E-state index contributed by atoms with van der Waals surface area (Å²) in [6.07, 6.45) is 0. The number of anilines is 1. The van der Waals surface area contributed by atoms with Crippen molar-refractivity contribution >= 4 is 17.6 Å². The molecule has 0 saturated carbocycles. The number of fused-ring (bicyclic) bond motifs is 1. The topological polar surface area (TPSA) is 37.8 Å². The summed E-state index contributed by atoms with van der Waals surface area (Å²) in [5.74, 6) is 4.45. The van der Waals surface area contributed by atoms with Gasteiger partial charge in [0.15, 0.2) is 0 Å². The van der Waals surface area contributed by atoms with Crippen LogP contribution in [-0.4, -0.2) is 17.0 Å². The number of nitrogens with zero attached hydrogens (tertiary/aromatic N) is 2. The molecule has 0 radical (unpaired) electrons. The fourth-order valence-electron chi connectivity index (χ4n) is 1.54. The molecule has 1 aliphatic rings. The van der Waals surface area contributed by atoms with Gasteiger partial charge in [-0.1, -0.05) is 13.8 Å². The highest BCUT2D eigenvalue weighted by molar-refractivity contribution is 7.98. The Kier molecular flexibility index (Phi) is 2.63. The average Bonchev–Trinajstić information content (AvgIpc) is 2.63. The fourth-order valence-corrected chi connectivity index (χ4v) is 2.58. The number of nitrogens with one attached hydrogen (secondary N) is 1. The van der Waals surface area contributed by atoms with Crippen molar-refractivity contribution in [2.75, 3.05) is 12.4 Å². The lowest BCUT2D eigenvalue weighted by atomic mass is 10.2. The summed E-state index contributed by atoms with van der Waals surface area (Å²) in [5, 5.41) is 3.16. The number of thioether (sulfide) groups is 1. The van der Waals surface area contributed by atoms with Gasteiger partial charge < -0.3 is 5.32 Å². The van der Waals surface area contributed by atoms with Gasteiger partial charge in [-0.2, -0.15) is 11.8 Å². The number of hydrogen-bond donors (Lipinski definition) is 1. The first-order valence-electron chi connectivity index (χ1n) is 4.87. The van der Waals surface area contributed by atoms with E-state index in [1.807, 2.05) is 18.8 Å². The minimum atomic E-state index is 0.401. The van der Waals surface area contributed by atoms with E-state index in [4.69, 9.17) is 0 Å². The van der Waals surface area contributed by atoms with Gasteiger partial charge in [-0.3, -0.25) is 0 Å². The summed E-state index contributed by atoms with van der Waals surface area (Å²) < 4.78 is 0.